The van der Waals surface area contributed by atoms with Gasteiger partial charge in [0.1, 0.15) is 5.92 Å². The van der Waals surface area contributed by atoms with Crippen molar-refractivity contribution in [1.82, 2.24) is 15.0 Å². The SMILES string of the molecule is CCOC(=O)C(C)c1nc(N2CCN(C)CC2)no1. The second kappa shape index (κ2) is 6.01. The van der Waals surface area contributed by atoms with Crippen molar-refractivity contribution in [3.63, 3.8) is 0 Å². The molecule has 1 aliphatic rings. The highest BCUT2D eigenvalue weighted by molar-refractivity contribution is 5.76. The minimum absolute atomic E-state index is 0.312. The molecule has 1 unspecified atom stereocenters. The number of esters is 1. The molecule has 0 saturated carbocycles. The summed E-state index contributed by atoms with van der Waals surface area (Å²) in [5, 5.41) is 3.94. The molecule has 0 amide bonds. The summed E-state index contributed by atoms with van der Waals surface area (Å²) in [6.07, 6.45) is 0. The lowest BCUT2D eigenvalue weighted by molar-refractivity contribution is -0.145. The highest BCUT2D eigenvalue weighted by Gasteiger charge is 2.25. The Morgan fingerprint density at radius 2 is 2.11 bits per heavy atom. The van der Waals surface area contributed by atoms with Gasteiger partial charge in [-0.1, -0.05) is 0 Å². The number of rotatable bonds is 4. The molecule has 7 heteroatoms. The first kappa shape index (κ1) is 13.8. The highest BCUT2D eigenvalue weighted by atomic mass is 16.5. The van der Waals surface area contributed by atoms with Crippen LogP contribution in [0.1, 0.15) is 25.7 Å². The van der Waals surface area contributed by atoms with Crippen molar-refractivity contribution in [3.05, 3.63) is 5.89 Å². The lowest BCUT2D eigenvalue weighted by atomic mass is 10.2. The van der Waals surface area contributed by atoms with Gasteiger partial charge in [0.15, 0.2) is 0 Å². The van der Waals surface area contributed by atoms with E-state index in [2.05, 4.69) is 27.0 Å². The number of hydrogen-bond acceptors (Lipinski definition) is 7. The molecule has 0 aromatic carbocycles. The molecule has 19 heavy (non-hydrogen) atoms. The smallest absolute Gasteiger partial charge is 0.318 e. The van der Waals surface area contributed by atoms with Crippen LogP contribution in [0.4, 0.5) is 5.95 Å². The third kappa shape index (κ3) is 3.23. The van der Waals surface area contributed by atoms with Crippen molar-refractivity contribution in [3.8, 4) is 0 Å². The molecule has 2 heterocycles. The second-order valence-electron chi connectivity index (χ2n) is 4.70. The van der Waals surface area contributed by atoms with E-state index in [0.29, 0.717) is 18.4 Å². The maximum atomic E-state index is 11.6. The van der Waals surface area contributed by atoms with E-state index in [1.165, 1.54) is 0 Å². The molecule has 2 rings (SSSR count). The number of nitrogens with zero attached hydrogens (tertiary/aromatic N) is 4. The van der Waals surface area contributed by atoms with E-state index in [-0.39, 0.29) is 5.97 Å². The topological polar surface area (TPSA) is 71.7 Å². The number of carbonyl (C=O) groups is 1. The molecule has 0 radical (unpaired) electrons. The van der Waals surface area contributed by atoms with Crippen molar-refractivity contribution in [2.24, 2.45) is 0 Å². The Balaban J connectivity index is 2.00. The Bertz CT molecular complexity index is 426. The highest BCUT2D eigenvalue weighted by Crippen LogP contribution is 2.19. The van der Waals surface area contributed by atoms with Gasteiger partial charge in [-0.15, -0.1) is 0 Å². The molecule has 7 nitrogen and oxygen atoms in total. The maximum absolute atomic E-state index is 11.6. The minimum Gasteiger partial charge on any atom is -0.465 e. The van der Waals surface area contributed by atoms with Crippen LogP contribution in [0.25, 0.3) is 0 Å². The van der Waals surface area contributed by atoms with Crippen molar-refractivity contribution in [2.45, 2.75) is 19.8 Å². The van der Waals surface area contributed by atoms with Gasteiger partial charge in [-0.3, -0.25) is 4.79 Å². The molecule has 1 aliphatic heterocycles. The van der Waals surface area contributed by atoms with Crippen molar-refractivity contribution < 1.29 is 14.1 Å². The molecule has 1 fully saturated rings. The van der Waals surface area contributed by atoms with E-state index in [1.54, 1.807) is 13.8 Å². The predicted octanol–water partition coefficient (Wildman–Crippen LogP) is 0.488. The van der Waals surface area contributed by atoms with Crippen molar-refractivity contribution >= 4 is 11.9 Å². The van der Waals surface area contributed by atoms with E-state index >= 15 is 0 Å². The van der Waals surface area contributed by atoms with E-state index in [1.807, 2.05) is 0 Å². The number of aromatic nitrogens is 2. The fourth-order valence-electron chi connectivity index (χ4n) is 1.91. The molecule has 1 aromatic heterocycles. The quantitative estimate of drug-likeness (QED) is 0.736. The van der Waals surface area contributed by atoms with Gasteiger partial charge in [0.05, 0.1) is 6.61 Å². The molecule has 0 aliphatic carbocycles. The molecule has 0 bridgehead atoms. The fourth-order valence-corrected chi connectivity index (χ4v) is 1.91. The van der Waals surface area contributed by atoms with Crippen LogP contribution in [0.2, 0.25) is 0 Å². The number of anilines is 1. The lowest BCUT2D eigenvalue weighted by Crippen LogP contribution is -2.44. The lowest BCUT2D eigenvalue weighted by Gasteiger charge is -2.31. The summed E-state index contributed by atoms with van der Waals surface area (Å²) >= 11 is 0. The Hall–Kier alpha value is -1.63. The summed E-state index contributed by atoms with van der Waals surface area (Å²) in [5.41, 5.74) is 0. The molecule has 1 atom stereocenters. The van der Waals surface area contributed by atoms with Crippen molar-refractivity contribution in [1.29, 1.82) is 0 Å². The molecular weight excluding hydrogens is 248 g/mol. The summed E-state index contributed by atoms with van der Waals surface area (Å²) in [7, 11) is 2.09. The van der Waals surface area contributed by atoms with Gasteiger partial charge in [-0.05, 0) is 26.1 Å². The first-order valence-electron chi connectivity index (χ1n) is 6.55. The number of ether oxygens (including phenoxy) is 1. The molecule has 0 spiro atoms. The van der Waals surface area contributed by atoms with Gasteiger partial charge in [0.25, 0.3) is 5.95 Å². The Morgan fingerprint density at radius 3 is 2.74 bits per heavy atom. The summed E-state index contributed by atoms with van der Waals surface area (Å²) in [6, 6.07) is 0. The third-order valence-electron chi connectivity index (χ3n) is 3.23. The van der Waals surface area contributed by atoms with Gasteiger partial charge in [-0.2, -0.15) is 4.98 Å². The third-order valence-corrected chi connectivity index (χ3v) is 3.23. The van der Waals surface area contributed by atoms with E-state index in [4.69, 9.17) is 9.26 Å². The van der Waals surface area contributed by atoms with Crippen LogP contribution in [0, 0.1) is 0 Å². The Kier molecular flexibility index (Phi) is 4.36. The van der Waals surface area contributed by atoms with Crippen LogP contribution >= 0.6 is 0 Å². The van der Waals surface area contributed by atoms with Crippen LogP contribution in [-0.4, -0.2) is 60.8 Å². The molecular formula is C12H20N4O3. The zero-order valence-corrected chi connectivity index (χ0v) is 11.6. The average molecular weight is 268 g/mol. The number of hydrogen-bond donors (Lipinski definition) is 0. The minimum atomic E-state index is -0.520. The monoisotopic (exact) mass is 268 g/mol. The van der Waals surface area contributed by atoms with E-state index < -0.39 is 5.92 Å². The summed E-state index contributed by atoms with van der Waals surface area (Å²) in [5.74, 6) is 0.0105. The summed E-state index contributed by atoms with van der Waals surface area (Å²) in [6.45, 7) is 7.50. The molecule has 0 N–H and O–H groups in total. The number of piperazine rings is 1. The van der Waals surface area contributed by atoms with Crippen LogP contribution < -0.4 is 4.90 Å². The average Bonchev–Trinajstić information content (AvgIpc) is 2.88. The second-order valence-corrected chi connectivity index (χ2v) is 4.70. The first-order chi connectivity index (χ1) is 9.11. The van der Waals surface area contributed by atoms with Crippen LogP contribution in [0.3, 0.4) is 0 Å². The van der Waals surface area contributed by atoms with Gasteiger partial charge in [0, 0.05) is 26.2 Å². The normalized spacial score (nSPS) is 18.4. The van der Waals surface area contributed by atoms with Crippen molar-refractivity contribution in [2.75, 3.05) is 44.7 Å². The zero-order chi connectivity index (χ0) is 13.8. The predicted molar refractivity (Wildman–Crippen MR) is 69.1 cm³/mol. The van der Waals surface area contributed by atoms with Gasteiger partial charge in [-0.25, -0.2) is 0 Å². The summed E-state index contributed by atoms with van der Waals surface area (Å²) < 4.78 is 10.1. The largest absolute Gasteiger partial charge is 0.465 e. The van der Waals surface area contributed by atoms with Gasteiger partial charge in [0.2, 0.25) is 5.89 Å². The van der Waals surface area contributed by atoms with E-state index in [0.717, 1.165) is 26.2 Å². The van der Waals surface area contributed by atoms with Crippen LogP contribution in [-0.2, 0) is 9.53 Å². The van der Waals surface area contributed by atoms with Gasteiger partial charge >= 0.3 is 5.97 Å². The first-order valence-corrected chi connectivity index (χ1v) is 6.55. The number of likely N-dealkylation sites (N-methyl/N-ethyl adjacent to an activating group) is 1. The fraction of sp³-hybridized carbons (Fsp3) is 0.750. The zero-order valence-electron chi connectivity index (χ0n) is 11.6. The van der Waals surface area contributed by atoms with E-state index in [9.17, 15) is 4.79 Å². The number of carbonyl (C=O) groups excluding carboxylic acids is 1. The van der Waals surface area contributed by atoms with Gasteiger partial charge < -0.3 is 19.1 Å². The standard InChI is InChI=1S/C12H20N4O3/c1-4-18-11(17)9(2)10-13-12(14-19-10)16-7-5-15(3)6-8-16/h9H,4-8H2,1-3H3. The summed E-state index contributed by atoms with van der Waals surface area (Å²) in [4.78, 5) is 20.2. The molecule has 106 valence electrons. The Morgan fingerprint density at radius 1 is 1.42 bits per heavy atom. The Labute approximate surface area is 112 Å². The maximum Gasteiger partial charge on any atom is 0.318 e. The van der Waals surface area contributed by atoms with Crippen LogP contribution in [0.5, 0.6) is 0 Å². The molecule has 1 saturated heterocycles. The molecule has 1 aromatic rings. The van der Waals surface area contributed by atoms with Crippen LogP contribution in [0.15, 0.2) is 4.52 Å².